The molecular weight excluding hydrogens is 779 g/mol. The number of rotatable bonds is 12. The van der Waals surface area contributed by atoms with Gasteiger partial charge in [0.15, 0.2) is 34.5 Å². The third kappa shape index (κ3) is 13.4. The van der Waals surface area contributed by atoms with Crippen molar-refractivity contribution in [1.29, 1.82) is 0 Å². The Morgan fingerprint density at radius 3 is 0.793 bits per heavy atom. The summed E-state index contributed by atoms with van der Waals surface area (Å²) in [6, 6.07) is 37.8. The molecule has 0 radical (unpaired) electrons. The minimum atomic E-state index is 0. The molecule has 0 saturated carbocycles. The summed E-state index contributed by atoms with van der Waals surface area (Å²) in [7, 11) is 9.39. The van der Waals surface area contributed by atoms with Crippen LogP contribution in [0.2, 0.25) is 0 Å². The van der Waals surface area contributed by atoms with E-state index in [4.69, 9.17) is 28.4 Å². The first-order valence-corrected chi connectivity index (χ1v) is 17.4. The van der Waals surface area contributed by atoms with E-state index in [0.29, 0.717) is 33.9 Å². The molecule has 6 aromatic rings. The van der Waals surface area contributed by atoms with E-state index in [2.05, 4.69) is 15.0 Å². The van der Waals surface area contributed by atoms with Crippen molar-refractivity contribution in [2.24, 2.45) is 15.0 Å². The van der Waals surface area contributed by atoms with Crippen molar-refractivity contribution in [1.82, 2.24) is 0 Å². The van der Waals surface area contributed by atoms with Gasteiger partial charge in [-0.25, -0.2) is 0 Å². The molecule has 0 aliphatic rings. The summed E-state index contributed by atoms with van der Waals surface area (Å²) in [6.07, 6.45) is 4.79. The molecule has 58 heavy (non-hydrogen) atoms. The van der Waals surface area contributed by atoms with Crippen molar-refractivity contribution < 1.29 is 61.1 Å². The van der Waals surface area contributed by atoms with Crippen LogP contribution in [0.3, 0.4) is 0 Å². The summed E-state index contributed by atoms with van der Waals surface area (Å²) in [5.74, 6) is 3.89. The maximum Gasteiger partial charge on any atom is 0.166 e. The Hall–Kier alpha value is -6.94. The summed E-state index contributed by atoms with van der Waals surface area (Å²) in [4.78, 5) is 12.9. The van der Waals surface area contributed by atoms with E-state index in [-0.39, 0.29) is 34.6 Å². The second-order valence-corrected chi connectivity index (χ2v) is 11.6. The van der Waals surface area contributed by atoms with E-state index in [1.54, 1.807) is 94.6 Å². The van der Waals surface area contributed by atoms with Gasteiger partial charge in [0.25, 0.3) is 0 Å². The zero-order valence-corrected chi connectivity index (χ0v) is 34.2. The molecule has 0 aliphatic carbocycles. The van der Waals surface area contributed by atoms with Crippen molar-refractivity contribution in [3.63, 3.8) is 0 Å². The van der Waals surface area contributed by atoms with Crippen LogP contribution >= 0.6 is 0 Å². The molecular formula is C45H45CrN3O9. The molecule has 0 saturated heterocycles. The van der Waals surface area contributed by atoms with E-state index in [0.717, 1.165) is 34.3 Å². The average molecular weight is 824 g/mol. The molecule has 0 amide bonds. The van der Waals surface area contributed by atoms with Crippen LogP contribution in [0.1, 0.15) is 16.7 Å². The standard InChI is InChI=1S/3C15H15NO3.Cr/c3*1-18-13-8-6-12(7-9-13)16-10-11-4-3-5-14(19-2)15(11)17;/h3*3-10,17H,1-2H3;. The SMILES string of the molecule is COc1ccc(N=Cc2cccc(OC)c2O)cc1.COc1ccc(N=Cc2cccc(OC)c2O)cc1.COc1ccc(N=Cc2cccc(OC)c2O)cc1.[Cr]. The number of para-hydroxylation sites is 3. The Kier molecular flexibility index (Phi) is 18.7. The molecule has 0 aromatic heterocycles. The van der Waals surface area contributed by atoms with Gasteiger partial charge in [-0.05, 0) is 109 Å². The number of aromatic hydroxyl groups is 3. The van der Waals surface area contributed by atoms with Crippen LogP contribution in [0.5, 0.6) is 51.7 Å². The van der Waals surface area contributed by atoms with Crippen molar-refractivity contribution in [3.8, 4) is 51.7 Å². The smallest absolute Gasteiger partial charge is 0.166 e. The van der Waals surface area contributed by atoms with Gasteiger partial charge in [-0.15, -0.1) is 0 Å². The fourth-order valence-corrected chi connectivity index (χ4v) is 4.86. The number of hydrogen-bond acceptors (Lipinski definition) is 12. The van der Waals surface area contributed by atoms with Gasteiger partial charge in [0.05, 0.1) is 59.7 Å². The van der Waals surface area contributed by atoms with E-state index < -0.39 is 0 Å². The Bertz CT molecular complexity index is 1990. The molecule has 0 fully saturated rings. The number of hydrogen-bond donors (Lipinski definition) is 3. The Balaban J connectivity index is 0.000000231. The van der Waals surface area contributed by atoms with Crippen molar-refractivity contribution in [3.05, 3.63) is 144 Å². The number of aliphatic imine (C=N–C) groups is 3. The van der Waals surface area contributed by atoms with Gasteiger partial charge in [-0.2, -0.15) is 0 Å². The van der Waals surface area contributed by atoms with Crippen LogP contribution in [0, 0.1) is 0 Å². The van der Waals surface area contributed by atoms with E-state index >= 15 is 0 Å². The number of benzene rings is 6. The molecule has 0 bridgehead atoms. The third-order valence-corrected chi connectivity index (χ3v) is 8.03. The second kappa shape index (κ2) is 23.9. The number of methoxy groups -OCH3 is 6. The first kappa shape index (κ1) is 45.5. The van der Waals surface area contributed by atoms with Crippen LogP contribution in [0.25, 0.3) is 0 Å². The molecule has 0 atom stereocenters. The fourth-order valence-electron chi connectivity index (χ4n) is 4.86. The van der Waals surface area contributed by atoms with E-state index in [1.165, 1.54) is 21.3 Å². The molecule has 6 aromatic carbocycles. The molecule has 0 unspecified atom stereocenters. The normalized spacial score (nSPS) is 10.4. The molecule has 6 rings (SSSR count). The van der Waals surface area contributed by atoms with Crippen molar-refractivity contribution in [2.75, 3.05) is 42.7 Å². The van der Waals surface area contributed by atoms with Gasteiger partial charge < -0.3 is 43.7 Å². The van der Waals surface area contributed by atoms with Gasteiger partial charge >= 0.3 is 0 Å². The Morgan fingerprint density at radius 1 is 0.345 bits per heavy atom. The van der Waals surface area contributed by atoms with Crippen molar-refractivity contribution >= 4 is 35.7 Å². The van der Waals surface area contributed by atoms with Crippen LogP contribution in [-0.4, -0.2) is 76.6 Å². The summed E-state index contributed by atoms with van der Waals surface area (Å²) in [5, 5.41) is 29.7. The monoisotopic (exact) mass is 823 g/mol. The largest absolute Gasteiger partial charge is 0.504 e. The summed E-state index contributed by atoms with van der Waals surface area (Å²) >= 11 is 0. The number of ether oxygens (including phenoxy) is 6. The van der Waals surface area contributed by atoms with Gasteiger partial charge in [-0.3, -0.25) is 15.0 Å². The fraction of sp³-hybridized carbons (Fsp3) is 0.133. The maximum absolute atomic E-state index is 9.91. The van der Waals surface area contributed by atoms with Gasteiger partial charge in [0, 0.05) is 52.7 Å². The topological polar surface area (TPSA) is 153 Å². The molecule has 300 valence electrons. The predicted octanol–water partition coefficient (Wildman–Crippen LogP) is 9.48. The van der Waals surface area contributed by atoms with Crippen LogP contribution in [0.15, 0.2) is 142 Å². The Morgan fingerprint density at radius 2 is 0.586 bits per heavy atom. The molecule has 3 N–H and O–H groups in total. The van der Waals surface area contributed by atoms with Gasteiger partial charge in [0.1, 0.15) is 17.2 Å². The van der Waals surface area contributed by atoms with Crippen LogP contribution in [0.4, 0.5) is 17.1 Å². The first-order chi connectivity index (χ1) is 27.7. The van der Waals surface area contributed by atoms with Crippen LogP contribution < -0.4 is 28.4 Å². The summed E-state index contributed by atoms with van der Waals surface area (Å²) in [5.41, 5.74) is 4.16. The predicted molar refractivity (Wildman–Crippen MR) is 225 cm³/mol. The molecule has 12 nitrogen and oxygen atoms in total. The molecule has 13 heteroatoms. The van der Waals surface area contributed by atoms with Crippen molar-refractivity contribution in [2.45, 2.75) is 0 Å². The minimum absolute atomic E-state index is 0. The zero-order valence-electron chi connectivity index (χ0n) is 32.9. The van der Waals surface area contributed by atoms with Gasteiger partial charge in [-0.1, -0.05) is 18.2 Å². The van der Waals surface area contributed by atoms with Gasteiger partial charge in [0.2, 0.25) is 0 Å². The molecule has 0 heterocycles. The zero-order chi connectivity index (χ0) is 41.0. The second-order valence-electron chi connectivity index (χ2n) is 11.6. The number of phenolic OH excluding ortho intramolecular Hbond substituents is 3. The Labute approximate surface area is 349 Å². The molecule has 0 aliphatic heterocycles. The minimum Gasteiger partial charge on any atom is -0.504 e. The van der Waals surface area contributed by atoms with E-state index in [9.17, 15) is 15.3 Å². The summed E-state index contributed by atoms with van der Waals surface area (Å²) < 4.78 is 30.3. The van der Waals surface area contributed by atoms with Crippen LogP contribution in [-0.2, 0) is 17.4 Å². The maximum atomic E-state index is 9.91. The number of phenols is 3. The third-order valence-electron chi connectivity index (χ3n) is 8.03. The molecule has 0 spiro atoms. The summed E-state index contributed by atoms with van der Waals surface area (Å²) in [6.45, 7) is 0. The first-order valence-electron chi connectivity index (χ1n) is 17.4. The average Bonchev–Trinajstić information content (AvgIpc) is 3.26. The number of nitrogens with zero attached hydrogens (tertiary/aromatic N) is 3. The van der Waals surface area contributed by atoms with E-state index in [1.807, 2.05) is 72.8 Å². The quantitative estimate of drug-likeness (QED) is 0.103.